The van der Waals surface area contributed by atoms with Crippen LogP contribution in [0.4, 0.5) is 0 Å². The molecule has 1 fully saturated rings. The van der Waals surface area contributed by atoms with Crippen LogP contribution >= 0.6 is 0 Å². The maximum atomic E-state index is 13.3. The van der Waals surface area contributed by atoms with E-state index < -0.39 is 10.0 Å². The first-order valence-electron chi connectivity index (χ1n) is 11.2. The van der Waals surface area contributed by atoms with Crippen molar-refractivity contribution in [3.63, 3.8) is 0 Å². The molecule has 2 aromatic rings. The van der Waals surface area contributed by atoms with Crippen molar-refractivity contribution in [1.82, 2.24) is 14.9 Å². The maximum Gasteiger partial charge on any atom is 0.255 e. The van der Waals surface area contributed by atoms with Gasteiger partial charge in [0, 0.05) is 31.7 Å². The van der Waals surface area contributed by atoms with Gasteiger partial charge in [0.25, 0.3) is 5.91 Å². The van der Waals surface area contributed by atoms with Gasteiger partial charge >= 0.3 is 0 Å². The largest absolute Gasteiger partial charge is 0.496 e. The molecule has 1 aliphatic heterocycles. The molecule has 8 nitrogen and oxygen atoms in total. The Morgan fingerprint density at radius 3 is 2.59 bits per heavy atom. The molecule has 182 valence electrons. The Balaban J connectivity index is 1.68. The molecule has 2 aromatic carbocycles. The lowest BCUT2D eigenvalue weighted by atomic mass is 9.95. The quantitative estimate of drug-likeness (QED) is 0.531. The molecule has 0 aliphatic carbocycles. The second kappa shape index (κ2) is 11.3. The molecular formula is C25H31N3O5S. The zero-order chi connectivity index (χ0) is 24.7. The Hall–Kier alpha value is -3.17. The van der Waals surface area contributed by atoms with Crippen LogP contribution in [0.2, 0.25) is 0 Å². The van der Waals surface area contributed by atoms with Crippen molar-refractivity contribution in [3.05, 3.63) is 72.3 Å². The van der Waals surface area contributed by atoms with Crippen LogP contribution < -0.4 is 15.4 Å². The number of nitrogens with zero attached hydrogens (tertiary/aromatic N) is 1. The van der Waals surface area contributed by atoms with Gasteiger partial charge in [-0.2, -0.15) is 4.31 Å². The molecule has 3 rings (SSSR count). The van der Waals surface area contributed by atoms with E-state index in [1.165, 1.54) is 35.7 Å². The van der Waals surface area contributed by atoms with Gasteiger partial charge in [-0.3, -0.25) is 9.59 Å². The Morgan fingerprint density at radius 2 is 1.94 bits per heavy atom. The standard InChI is InChI=1S/C25H31N3O5S/c1-4-24(29)27-22-13-15-28(17-18(22)2)34(31,32)20-10-11-21(23(16-20)33-3)25(30)26-14-12-19-8-6-5-7-9-19/h4-11,16,18,22H,1,12-15,17H2,2-3H3,(H,26,30)(H,27,29). The van der Waals surface area contributed by atoms with Gasteiger partial charge in [-0.05, 0) is 42.5 Å². The molecule has 9 heteroatoms. The van der Waals surface area contributed by atoms with Crippen LogP contribution in [-0.4, -0.2) is 57.3 Å². The minimum Gasteiger partial charge on any atom is -0.496 e. The van der Waals surface area contributed by atoms with Crippen molar-refractivity contribution in [1.29, 1.82) is 0 Å². The molecule has 2 atom stereocenters. The zero-order valence-corrected chi connectivity index (χ0v) is 20.3. The van der Waals surface area contributed by atoms with Crippen molar-refractivity contribution in [2.24, 2.45) is 5.92 Å². The average Bonchev–Trinajstić information content (AvgIpc) is 2.85. The molecule has 1 saturated heterocycles. The fourth-order valence-corrected chi connectivity index (χ4v) is 5.58. The number of hydrogen-bond acceptors (Lipinski definition) is 5. The molecule has 1 heterocycles. The molecule has 2 amide bonds. The summed E-state index contributed by atoms with van der Waals surface area (Å²) in [6.07, 6.45) is 2.39. The number of sulfonamides is 1. The lowest BCUT2D eigenvalue weighted by Crippen LogP contribution is -2.51. The molecule has 0 bridgehead atoms. The molecule has 2 N–H and O–H groups in total. The smallest absolute Gasteiger partial charge is 0.255 e. The van der Waals surface area contributed by atoms with Crippen molar-refractivity contribution in [3.8, 4) is 5.75 Å². The monoisotopic (exact) mass is 485 g/mol. The molecule has 0 radical (unpaired) electrons. The third-order valence-electron chi connectivity index (χ3n) is 5.98. The summed E-state index contributed by atoms with van der Waals surface area (Å²) in [5, 5.41) is 5.71. The van der Waals surface area contributed by atoms with Crippen LogP contribution in [0.3, 0.4) is 0 Å². The Morgan fingerprint density at radius 1 is 1.21 bits per heavy atom. The first-order valence-corrected chi connectivity index (χ1v) is 12.6. The lowest BCUT2D eigenvalue weighted by Gasteiger charge is -2.36. The third kappa shape index (κ3) is 6.03. The van der Waals surface area contributed by atoms with Crippen LogP contribution in [0.15, 0.2) is 66.1 Å². The first-order chi connectivity index (χ1) is 16.3. The highest BCUT2D eigenvalue weighted by Crippen LogP contribution is 2.28. The Labute approximate surface area is 201 Å². The fourth-order valence-electron chi connectivity index (χ4n) is 4.01. The van der Waals surface area contributed by atoms with Gasteiger partial charge in [-0.25, -0.2) is 8.42 Å². The summed E-state index contributed by atoms with van der Waals surface area (Å²) >= 11 is 0. The van der Waals surface area contributed by atoms with Gasteiger partial charge in [0.2, 0.25) is 15.9 Å². The highest BCUT2D eigenvalue weighted by molar-refractivity contribution is 7.89. The predicted octanol–water partition coefficient (Wildman–Crippen LogP) is 2.37. The normalized spacial score (nSPS) is 18.6. The summed E-state index contributed by atoms with van der Waals surface area (Å²) in [5.74, 6) is -0.469. The average molecular weight is 486 g/mol. The van der Waals surface area contributed by atoms with E-state index in [2.05, 4.69) is 17.2 Å². The summed E-state index contributed by atoms with van der Waals surface area (Å²) in [6, 6.07) is 14.0. The van der Waals surface area contributed by atoms with Crippen LogP contribution in [0.1, 0.15) is 29.3 Å². The van der Waals surface area contributed by atoms with Crippen molar-refractivity contribution in [2.75, 3.05) is 26.7 Å². The van der Waals surface area contributed by atoms with E-state index in [1.54, 1.807) is 0 Å². The van der Waals surface area contributed by atoms with E-state index in [1.807, 2.05) is 37.3 Å². The second-order valence-electron chi connectivity index (χ2n) is 8.30. The Bertz CT molecular complexity index is 1130. The lowest BCUT2D eigenvalue weighted by molar-refractivity contribution is -0.117. The molecule has 1 aliphatic rings. The highest BCUT2D eigenvalue weighted by atomic mass is 32.2. The Kier molecular flexibility index (Phi) is 8.46. The van der Waals surface area contributed by atoms with E-state index in [9.17, 15) is 18.0 Å². The summed E-state index contributed by atoms with van der Waals surface area (Å²) in [7, 11) is -2.39. The van der Waals surface area contributed by atoms with E-state index in [-0.39, 0.29) is 53.1 Å². The first kappa shape index (κ1) is 25.5. The number of methoxy groups -OCH3 is 1. The number of hydrogen-bond donors (Lipinski definition) is 2. The predicted molar refractivity (Wildman–Crippen MR) is 130 cm³/mol. The van der Waals surface area contributed by atoms with Crippen LogP contribution in [-0.2, 0) is 21.2 Å². The van der Waals surface area contributed by atoms with Crippen LogP contribution in [0.5, 0.6) is 5.75 Å². The van der Waals surface area contributed by atoms with Gasteiger partial charge < -0.3 is 15.4 Å². The maximum absolute atomic E-state index is 13.3. The minimum absolute atomic E-state index is 0.0611. The van der Waals surface area contributed by atoms with Gasteiger partial charge in [0.1, 0.15) is 5.75 Å². The molecule has 0 aromatic heterocycles. The molecule has 0 saturated carbocycles. The number of nitrogens with one attached hydrogen (secondary N) is 2. The van der Waals surface area contributed by atoms with E-state index >= 15 is 0 Å². The van der Waals surface area contributed by atoms with Crippen molar-refractivity contribution < 1.29 is 22.7 Å². The minimum atomic E-state index is -3.79. The van der Waals surface area contributed by atoms with Gasteiger partial charge in [-0.15, -0.1) is 0 Å². The number of rotatable bonds is 9. The molecule has 2 unspecified atom stereocenters. The molecule has 34 heavy (non-hydrogen) atoms. The van der Waals surface area contributed by atoms with Crippen molar-refractivity contribution in [2.45, 2.75) is 30.7 Å². The topological polar surface area (TPSA) is 105 Å². The van der Waals surface area contributed by atoms with Gasteiger partial charge in [0.15, 0.2) is 0 Å². The number of amides is 2. The summed E-state index contributed by atoms with van der Waals surface area (Å²) in [5.41, 5.74) is 1.38. The fraction of sp³-hybridized carbons (Fsp3) is 0.360. The van der Waals surface area contributed by atoms with Crippen LogP contribution in [0, 0.1) is 5.92 Å². The summed E-state index contributed by atoms with van der Waals surface area (Å²) < 4.78 is 33.3. The van der Waals surface area contributed by atoms with Crippen molar-refractivity contribution >= 4 is 21.8 Å². The number of ether oxygens (including phenoxy) is 1. The summed E-state index contributed by atoms with van der Waals surface area (Å²) in [4.78, 5) is 24.4. The number of carbonyl (C=O) groups excluding carboxylic acids is 2. The van der Waals surface area contributed by atoms with Crippen LogP contribution in [0.25, 0.3) is 0 Å². The zero-order valence-electron chi connectivity index (χ0n) is 19.5. The third-order valence-corrected chi connectivity index (χ3v) is 7.84. The molecule has 0 spiro atoms. The van der Waals surface area contributed by atoms with E-state index in [0.717, 1.165) is 5.56 Å². The van der Waals surface area contributed by atoms with Gasteiger partial charge in [0.05, 0.1) is 17.6 Å². The van der Waals surface area contributed by atoms with E-state index in [0.29, 0.717) is 19.4 Å². The highest BCUT2D eigenvalue weighted by Gasteiger charge is 2.34. The van der Waals surface area contributed by atoms with Gasteiger partial charge in [-0.1, -0.05) is 43.8 Å². The molecular weight excluding hydrogens is 454 g/mol. The number of piperidine rings is 1. The SMILES string of the molecule is C=CC(=O)NC1CCN(S(=O)(=O)c2ccc(C(=O)NCCc3ccccc3)c(OC)c2)CC1C. The number of carbonyl (C=O) groups is 2. The second-order valence-corrected chi connectivity index (χ2v) is 10.2. The van der Waals surface area contributed by atoms with E-state index in [4.69, 9.17) is 4.74 Å². The number of benzene rings is 2. The summed E-state index contributed by atoms with van der Waals surface area (Å²) in [6.45, 7) is 6.35.